The molecule has 0 aliphatic carbocycles. The number of fused-ring (bicyclic) bond motifs is 16. The monoisotopic (exact) mass is 1060 g/mol. The zero-order chi connectivity index (χ0) is 53.8. The van der Waals surface area contributed by atoms with Gasteiger partial charge < -0.3 is 9.47 Å². The lowest BCUT2D eigenvalue weighted by Gasteiger charge is -2.26. The summed E-state index contributed by atoms with van der Waals surface area (Å²) in [7, 11) is 0. The smallest absolute Gasteiger partial charge is 0.235 e. The first-order valence-electron chi connectivity index (χ1n) is 27.7. The van der Waals surface area contributed by atoms with E-state index in [1.165, 1.54) is 68.8 Å². The van der Waals surface area contributed by atoms with Crippen molar-refractivity contribution in [2.75, 3.05) is 4.90 Å². The van der Waals surface area contributed by atoms with Gasteiger partial charge in [0.05, 0.1) is 43.8 Å². The number of benzene rings is 12. The molecule has 0 saturated carbocycles. The molecule has 17 rings (SSSR count). The second kappa shape index (κ2) is 18.4. The molecule has 82 heavy (non-hydrogen) atoms. The molecule has 0 saturated heterocycles. The molecular formula is C75H46N6S. The molecular weight excluding hydrogens is 1020 g/mol. The highest BCUT2D eigenvalue weighted by Crippen LogP contribution is 2.48. The minimum atomic E-state index is 0.602. The average molecular weight is 1060 g/mol. The van der Waals surface area contributed by atoms with Crippen molar-refractivity contribution in [1.82, 2.24) is 24.1 Å². The van der Waals surface area contributed by atoms with E-state index < -0.39 is 0 Å². The van der Waals surface area contributed by atoms with Gasteiger partial charge in [0.25, 0.3) is 0 Å². The highest BCUT2D eigenvalue weighted by atomic mass is 32.1. The van der Waals surface area contributed by atoms with Gasteiger partial charge in [-0.15, -0.1) is 11.3 Å². The van der Waals surface area contributed by atoms with Crippen molar-refractivity contribution < 1.29 is 0 Å². The van der Waals surface area contributed by atoms with Crippen LogP contribution in [0.3, 0.4) is 0 Å². The molecule has 0 amide bonds. The van der Waals surface area contributed by atoms with Crippen LogP contribution >= 0.6 is 11.3 Å². The molecule has 0 fully saturated rings. The number of nitrogens with zero attached hydrogens (tertiary/aromatic N) is 6. The number of pyridine rings is 1. The molecule has 0 unspecified atom stereocenters. The van der Waals surface area contributed by atoms with Gasteiger partial charge in [-0.05, 0) is 129 Å². The summed E-state index contributed by atoms with van der Waals surface area (Å²) in [6.45, 7) is 0. The third-order valence-corrected chi connectivity index (χ3v) is 17.7. The van der Waals surface area contributed by atoms with Crippen LogP contribution in [-0.4, -0.2) is 24.1 Å². The Balaban J connectivity index is 0.935. The van der Waals surface area contributed by atoms with E-state index in [-0.39, 0.29) is 0 Å². The van der Waals surface area contributed by atoms with Crippen LogP contribution < -0.4 is 4.90 Å². The van der Waals surface area contributed by atoms with Gasteiger partial charge in [-0.2, -0.15) is 0 Å². The summed E-state index contributed by atoms with van der Waals surface area (Å²) >= 11 is 1.86. The Bertz CT molecular complexity index is 5380. The van der Waals surface area contributed by atoms with Crippen LogP contribution in [-0.2, 0) is 0 Å². The van der Waals surface area contributed by atoms with Crippen LogP contribution in [0, 0.1) is 0 Å². The van der Waals surface area contributed by atoms with E-state index in [2.05, 4.69) is 274 Å². The number of para-hydroxylation sites is 3. The molecule has 17 aromatic rings. The first-order valence-corrected chi connectivity index (χ1v) is 28.6. The van der Waals surface area contributed by atoms with Crippen molar-refractivity contribution in [2.45, 2.75) is 0 Å². The fourth-order valence-electron chi connectivity index (χ4n) is 12.8. The zero-order valence-electron chi connectivity index (χ0n) is 44.1. The second-order valence-electron chi connectivity index (χ2n) is 21.1. The van der Waals surface area contributed by atoms with Gasteiger partial charge in [0, 0.05) is 82.7 Å². The number of rotatable bonds is 8. The number of anilines is 3. The van der Waals surface area contributed by atoms with Gasteiger partial charge in [0.1, 0.15) is 0 Å². The molecule has 5 heterocycles. The molecule has 5 aromatic heterocycles. The molecule has 0 spiro atoms. The summed E-state index contributed by atoms with van der Waals surface area (Å²) in [5, 5.41) is 14.6. The van der Waals surface area contributed by atoms with E-state index in [4.69, 9.17) is 9.97 Å². The summed E-state index contributed by atoms with van der Waals surface area (Å²) in [5.41, 5.74) is 14.4. The average Bonchev–Trinajstić information content (AvgIpc) is 3.59. The summed E-state index contributed by atoms with van der Waals surface area (Å²) in [5.74, 6) is 0.602. The van der Waals surface area contributed by atoms with Crippen molar-refractivity contribution in [3.8, 4) is 45.4 Å². The van der Waals surface area contributed by atoms with Crippen LogP contribution in [0.15, 0.2) is 279 Å². The number of aromatic nitrogens is 5. The van der Waals surface area contributed by atoms with E-state index in [0.717, 1.165) is 83.8 Å². The Morgan fingerprint density at radius 3 is 1.48 bits per heavy atom. The van der Waals surface area contributed by atoms with Gasteiger partial charge in [-0.1, -0.05) is 176 Å². The number of hydrogen-bond donors (Lipinski definition) is 0. The molecule has 0 aliphatic rings. The highest BCUT2D eigenvalue weighted by molar-refractivity contribution is 7.26. The van der Waals surface area contributed by atoms with Crippen molar-refractivity contribution in [1.29, 1.82) is 0 Å². The van der Waals surface area contributed by atoms with Crippen molar-refractivity contribution >= 4 is 125 Å². The third kappa shape index (κ3) is 7.23. The fourth-order valence-corrected chi connectivity index (χ4v) is 14.1. The highest BCUT2D eigenvalue weighted by Gasteiger charge is 2.25. The topological polar surface area (TPSA) is 51.8 Å². The molecule has 0 radical (unpaired) electrons. The van der Waals surface area contributed by atoms with Gasteiger partial charge in [-0.25, -0.2) is 9.97 Å². The Labute approximate surface area is 475 Å². The lowest BCUT2D eigenvalue weighted by atomic mass is 9.93. The summed E-state index contributed by atoms with van der Waals surface area (Å²) in [6, 6.07) is 98.5. The predicted octanol–water partition coefficient (Wildman–Crippen LogP) is 20.4. The van der Waals surface area contributed by atoms with E-state index in [1.807, 2.05) is 35.7 Å². The maximum Gasteiger partial charge on any atom is 0.235 e. The van der Waals surface area contributed by atoms with Gasteiger partial charge >= 0.3 is 0 Å². The summed E-state index contributed by atoms with van der Waals surface area (Å²) < 4.78 is 7.14. The van der Waals surface area contributed by atoms with Gasteiger partial charge in [0.15, 0.2) is 0 Å². The van der Waals surface area contributed by atoms with Crippen LogP contribution in [0.4, 0.5) is 17.1 Å². The van der Waals surface area contributed by atoms with Gasteiger partial charge in [0.2, 0.25) is 5.95 Å². The Kier molecular flexibility index (Phi) is 10.4. The first-order chi connectivity index (χ1) is 40.7. The van der Waals surface area contributed by atoms with E-state index >= 15 is 0 Å². The number of thiophene rings is 1. The summed E-state index contributed by atoms with van der Waals surface area (Å²) in [6.07, 6.45) is 1.84. The Morgan fingerprint density at radius 2 is 0.817 bits per heavy atom. The van der Waals surface area contributed by atoms with Gasteiger partial charge in [-0.3, -0.25) is 9.55 Å². The lowest BCUT2D eigenvalue weighted by Crippen LogP contribution is -2.10. The van der Waals surface area contributed by atoms with Crippen molar-refractivity contribution in [3.05, 3.63) is 279 Å². The molecule has 0 N–H and O–H groups in total. The molecule has 12 aromatic carbocycles. The fraction of sp³-hybridized carbons (Fsp3) is 0. The van der Waals surface area contributed by atoms with Crippen molar-refractivity contribution in [3.63, 3.8) is 0 Å². The Morgan fingerprint density at radius 1 is 0.305 bits per heavy atom. The molecule has 6 nitrogen and oxygen atoms in total. The lowest BCUT2D eigenvalue weighted by molar-refractivity contribution is 0.998. The van der Waals surface area contributed by atoms with Crippen molar-refractivity contribution in [2.24, 2.45) is 0 Å². The first kappa shape index (κ1) is 46.2. The van der Waals surface area contributed by atoms with E-state index in [1.54, 1.807) is 0 Å². The van der Waals surface area contributed by atoms with Crippen LogP contribution in [0.2, 0.25) is 0 Å². The second-order valence-corrected chi connectivity index (χ2v) is 22.2. The minimum absolute atomic E-state index is 0.602. The standard InChI is InChI=1S/C75H46N6S/c1-4-18-47(19-5-1)67-46-68(49-33-31-48(32-34-49)66-29-16-17-41-76-66)78-75(77-67)81-71-40-36-53(79(50-20-6-2-7-21-50)52-35-39-70-63(42-52)58-28-14-15-30-69(58)80(70)51-22-8-3-9-23-51)43-64(71)59-37-38-60-65-44-61-56-26-12-10-24-54(56)55-25-11-13-27-57(55)62(61)45-72(65)82-74(60)73(59)81/h1-46H. The predicted molar refractivity (Wildman–Crippen MR) is 345 cm³/mol. The minimum Gasteiger partial charge on any atom is -0.310 e. The normalized spacial score (nSPS) is 11.9. The van der Waals surface area contributed by atoms with E-state index in [0.29, 0.717) is 5.95 Å². The third-order valence-electron chi connectivity index (χ3n) is 16.5. The SMILES string of the molecule is c1ccc(-c2cc(-c3ccc(-c4ccccn4)cc3)nc(-n3c4ccc(N(c5ccccc5)c5ccc6c(c5)c5ccccc5n6-c5ccccc5)cc4c4ccc5c6cc7c8ccccc8c8ccccc8c7cc6sc5c43)n2)cc1. The maximum absolute atomic E-state index is 5.61. The largest absolute Gasteiger partial charge is 0.310 e. The quantitative estimate of drug-likeness (QED) is 0.142. The zero-order valence-corrected chi connectivity index (χ0v) is 45.0. The molecule has 0 bridgehead atoms. The summed E-state index contributed by atoms with van der Waals surface area (Å²) in [4.78, 5) is 18.2. The Hall–Kier alpha value is -10.7. The molecule has 0 atom stereocenters. The molecule has 7 heteroatoms. The van der Waals surface area contributed by atoms with Crippen LogP contribution in [0.1, 0.15) is 0 Å². The van der Waals surface area contributed by atoms with E-state index in [9.17, 15) is 0 Å². The number of hydrogen-bond acceptors (Lipinski definition) is 5. The molecule has 0 aliphatic heterocycles. The molecule has 382 valence electrons. The maximum atomic E-state index is 5.61. The van der Waals surface area contributed by atoms with Crippen LogP contribution in [0.25, 0.3) is 142 Å². The van der Waals surface area contributed by atoms with Crippen LogP contribution in [0.5, 0.6) is 0 Å².